The molecular formula is C3H3NO3. The molecule has 0 saturated carbocycles. The van der Waals surface area contributed by atoms with Gasteiger partial charge >= 0.3 is 6.09 Å². The average molecular weight is 101 g/mol. The maximum absolute atomic E-state index is 10.0. The predicted molar refractivity (Wildman–Crippen MR) is 18.6 cm³/mol. The highest BCUT2D eigenvalue weighted by Crippen LogP contribution is 2.00. The third kappa shape index (κ3) is 0.640. The maximum Gasteiger partial charge on any atom is 0.436 e. The molecule has 1 amide bonds. The Morgan fingerprint density at radius 3 is 2.71 bits per heavy atom. The third-order valence-electron chi connectivity index (χ3n) is 0.554. The van der Waals surface area contributed by atoms with Gasteiger partial charge in [0.05, 0.1) is 0 Å². The van der Waals surface area contributed by atoms with Crippen LogP contribution in [0.5, 0.6) is 0 Å². The summed E-state index contributed by atoms with van der Waals surface area (Å²) >= 11 is 0. The summed E-state index contributed by atoms with van der Waals surface area (Å²) in [7, 11) is 4.81. The number of rotatable bonds is 0. The number of hydrogen-bond donors (Lipinski definition) is 0. The van der Waals surface area contributed by atoms with Gasteiger partial charge in [0, 0.05) is 0 Å². The van der Waals surface area contributed by atoms with Crippen molar-refractivity contribution in [3.63, 3.8) is 0 Å². The van der Waals surface area contributed by atoms with E-state index in [1.165, 1.54) is 0 Å². The molecule has 0 aromatic carbocycles. The van der Waals surface area contributed by atoms with E-state index in [1.807, 2.05) is 0 Å². The van der Waals surface area contributed by atoms with E-state index >= 15 is 0 Å². The number of carbonyl (C=O) groups excluding carboxylic acids is 1. The second kappa shape index (κ2) is 1.38. The molecule has 38 valence electrons. The Bertz CT molecular complexity index is 92.2. The van der Waals surface area contributed by atoms with Crippen molar-refractivity contribution in [2.24, 2.45) is 0 Å². The van der Waals surface area contributed by atoms with Crippen molar-refractivity contribution in [2.45, 2.75) is 0 Å². The number of amides is 1. The van der Waals surface area contributed by atoms with Gasteiger partial charge in [-0.2, -0.15) is 5.06 Å². The largest absolute Gasteiger partial charge is 0.436 e. The fourth-order valence-electron chi connectivity index (χ4n) is 0.250. The van der Waals surface area contributed by atoms with E-state index in [0.29, 0.717) is 5.06 Å². The number of hydrogen-bond acceptors (Lipinski definition) is 3. The summed E-state index contributed by atoms with van der Waals surface area (Å²) in [5.74, 6) is 0. The van der Waals surface area contributed by atoms with E-state index in [2.05, 4.69) is 9.57 Å². The molecule has 4 heteroatoms. The van der Waals surface area contributed by atoms with Crippen LogP contribution in [0.25, 0.3) is 0 Å². The smallest absolute Gasteiger partial charge is 0.418 e. The van der Waals surface area contributed by atoms with Gasteiger partial charge in [-0.25, -0.2) is 9.63 Å². The molecule has 4 nitrogen and oxygen atoms in total. The molecule has 1 heterocycles. The molecule has 1 aliphatic heterocycles. The zero-order valence-electron chi connectivity index (χ0n) is 3.46. The zero-order chi connectivity index (χ0) is 5.28. The molecule has 0 bridgehead atoms. The van der Waals surface area contributed by atoms with Crippen LogP contribution < -0.4 is 0 Å². The number of cyclic esters (lactones) is 1. The van der Waals surface area contributed by atoms with Crippen molar-refractivity contribution in [1.29, 1.82) is 0 Å². The van der Waals surface area contributed by atoms with Gasteiger partial charge in [-0.05, 0) is 0 Å². The topological polar surface area (TPSA) is 38.8 Å². The SMILES string of the molecule is [CH]N1OCOC1=O. The summed E-state index contributed by atoms with van der Waals surface area (Å²) in [6.07, 6.45) is -0.653. The Hall–Kier alpha value is -0.770. The molecule has 1 saturated heterocycles. The maximum atomic E-state index is 10.0. The lowest BCUT2D eigenvalue weighted by Crippen LogP contribution is -2.12. The Labute approximate surface area is 40.6 Å². The highest BCUT2D eigenvalue weighted by Gasteiger charge is 2.17. The fraction of sp³-hybridized carbons (Fsp3) is 0.333. The van der Waals surface area contributed by atoms with Crippen LogP contribution in [0.1, 0.15) is 0 Å². The summed E-state index contributed by atoms with van der Waals surface area (Å²) in [6.45, 7) is -0.0741. The molecule has 0 N–H and O–H groups in total. The molecule has 2 radical (unpaired) electrons. The first-order valence-electron chi connectivity index (χ1n) is 1.65. The van der Waals surface area contributed by atoms with E-state index in [4.69, 9.17) is 7.05 Å². The van der Waals surface area contributed by atoms with Crippen LogP contribution in [0.4, 0.5) is 4.79 Å². The highest BCUT2D eigenvalue weighted by atomic mass is 16.9. The minimum atomic E-state index is -0.653. The van der Waals surface area contributed by atoms with Gasteiger partial charge in [0.15, 0.2) is 0 Å². The summed E-state index contributed by atoms with van der Waals surface area (Å²) < 4.78 is 4.20. The summed E-state index contributed by atoms with van der Waals surface area (Å²) in [5.41, 5.74) is 0. The fourth-order valence-corrected chi connectivity index (χ4v) is 0.250. The van der Waals surface area contributed by atoms with E-state index < -0.39 is 6.09 Å². The van der Waals surface area contributed by atoms with Crippen LogP contribution in [-0.4, -0.2) is 17.9 Å². The van der Waals surface area contributed by atoms with Gasteiger partial charge in [-0.3, -0.25) is 0 Å². The van der Waals surface area contributed by atoms with Crippen LogP contribution in [0, 0.1) is 7.05 Å². The first-order chi connectivity index (χ1) is 3.30. The number of ether oxygens (including phenoxy) is 1. The number of nitrogens with zero attached hydrogens (tertiary/aromatic N) is 1. The van der Waals surface area contributed by atoms with Crippen LogP contribution in [-0.2, 0) is 9.57 Å². The van der Waals surface area contributed by atoms with Gasteiger partial charge in [-0.1, -0.05) is 0 Å². The molecule has 1 aliphatic rings. The van der Waals surface area contributed by atoms with E-state index in [-0.39, 0.29) is 6.79 Å². The Balaban J connectivity index is 2.48. The standard InChI is InChI=1S/C3H3NO3/c1-4-3(5)6-2-7-4/h1H,2H2. The molecule has 0 spiro atoms. The molecule has 1 fully saturated rings. The second-order valence-corrected chi connectivity index (χ2v) is 0.983. The molecular weight excluding hydrogens is 98.0 g/mol. The molecule has 0 atom stereocenters. The summed E-state index contributed by atoms with van der Waals surface area (Å²) in [6, 6.07) is 0. The van der Waals surface area contributed by atoms with Crippen molar-refractivity contribution in [3.05, 3.63) is 7.05 Å². The van der Waals surface area contributed by atoms with Crippen LogP contribution in [0.3, 0.4) is 0 Å². The van der Waals surface area contributed by atoms with E-state index in [9.17, 15) is 4.79 Å². The molecule has 7 heavy (non-hydrogen) atoms. The van der Waals surface area contributed by atoms with Crippen molar-refractivity contribution in [1.82, 2.24) is 5.06 Å². The molecule has 0 aromatic rings. The van der Waals surface area contributed by atoms with Crippen molar-refractivity contribution in [2.75, 3.05) is 6.79 Å². The van der Waals surface area contributed by atoms with Gasteiger partial charge in [-0.15, -0.1) is 0 Å². The van der Waals surface area contributed by atoms with Gasteiger partial charge in [0.25, 0.3) is 0 Å². The van der Waals surface area contributed by atoms with Gasteiger partial charge in [0.1, 0.15) is 7.05 Å². The van der Waals surface area contributed by atoms with E-state index in [0.717, 1.165) is 0 Å². The quantitative estimate of drug-likeness (QED) is 0.431. The number of hydroxylamine groups is 2. The third-order valence-corrected chi connectivity index (χ3v) is 0.554. The Kier molecular flexibility index (Phi) is 0.867. The van der Waals surface area contributed by atoms with Crippen molar-refractivity contribution >= 4 is 6.09 Å². The molecule has 0 aromatic heterocycles. The van der Waals surface area contributed by atoms with Gasteiger partial charge in [0.2, 0.25) is 6.79 Å². The Morgan fingerprint density at radius 2 is 2.57 bits per heavy atom. The molecule has 0 aliphatic carbocycles. The zero-order valence-corrected chi connectivity index (χ0v) is 3.46. The van der Waals surface area contributed by atoms with Crippen LogP contribution in [0.15, 0.2) is 0 Å². The lowest BCUT2D eigenvalue weighted by atomic mass is 11.1. The molecule has 1 rings (SSSR count). The second-order valence-electron chi connectivity index (χ2n) is 0.983. The highest BCUT2D eigenvalue weighted by molar-refractivity contribution is 5.67. The first-order valence-corrected chi connectivity index (χ1v) is 1.65. The van der Waals surface area contributed by atoms with Crippen LogP contribution in [0.2, 0.25) is 0 Å². The number of carbonyl (C=O) groups is 1. The minimum absolute atomic E-state index is 0.0741. The minimum Gasteiger partial charge on any atom is -0.418 e. The summed E-state index contributed by atoms with van der Waals surface area (Å²) in [4.78, 5) is 14.3. The predicted octanol–water partition coefficient (Wildman–Crippen LogP) is -0.00371. The molecule has 0 unspecified atom stereocenters. The lowest BCUT2D eigenvalue weighted by Gasteiger charge is -1.95. The first kappa shape index (κ1) is 4.39. The average Bonchev–Trinajstić information content (AvgIpc) is 1.91. The van der Waals surface area contributed by atoms with E-state index in [1.54, 1.807) is 0 Å². The van der Waals surface area contributed by atoms with Crippen molar-refractivity contribution < 1.29 is 14.4 Å². The Morgan fingerprint density at radius 1 is 1.86 bits per heavy atom. The normalized spacial score (nSPS) is 20.1. The monoisotopic (exact) mass is 101 g/mol. The lowest BCUT2D eigenvalue weighted by molar-refractivity contribution is -0.0658. The van der Waals surface area contributed by atoms with Crippen molar-refractivity contribution in [3.8, 4) is 0 Å². The van der Waals surface area contributed by atoms with Gasteiger partial charge < -0.3 is 4.74 Å². The van der Waals surface area contributed by atoms with Crippen LogP contribution >= 0.6 is 0 Å². The summed E-state index contributed by atoms with van der Waals surface area (Å²) in [5, 5.41) is 0.542.